The molecule has 0 heterocycles. The molecule has 4 heteroatoms. The molecule has 2 N–H and O–H groups in total. The van der Waals surface area contributed by atoms with E-state index < -0.39 is 9.84 Å². The Morgan fingerprint density at radius 3 is 2.52 bits per heavy atom. The summed E-state index contributed by atoms with van der Waals surface area (Å²) in [5.74, 6) is 0.485. The van der Waals surface area contributed by atoms with Crippen LogP contribution < -0.4 is 5.73 Å². The maximum atomic E-state index is 12.6. The first-order valence-corrected chi connectivity index (χ1v) is 8.74. The number of sulfone groups is 1. The van der Waals surface area contributed by atoms with E-state index in [9.17, 15) is 8.42 Å². The van der Waals surface area contributed by atoms with Gasteiger partial charge in [-0.3, -0.25) is 0 Å². The van der Waals surface area contributed by atoms with Crippen molar-refractivity contribution in [3.05, 3.63) is 59.7 Å². The molecule has 110 valence electrons. The molecule has 0 radical (unpaired) electrons. The number of benzene rings is 2. The highest BCUT2D eigenvalue weighted by Gasteiger charge is 2.25. The molecule has 2 aromatic carbocycles. The Morgan fingerprint density at radius 2 is 1.81 bits per heavy atom. The predicted molar refractivity (Wildman–Crippen MR) is 83.1 cm³/mol. The maximum Gasteiger partial charge on any atom is 0.206 e. The summed E-state index contributed by atoms with van der Waals surface area (Å²) in [5.41, 5.74) is 8.07. The third kappa shape index (κ3) is 2.61. The SMILES string of the molecule is NCC[C@@H]1CCc2cc(S(=O)(=O)c3ccccc3)ccc21. The molecule has 0 fully saturated rings. The van der Waals surface area contributed by atoms with E-state index >= 15 is 0 Å². The highest BCUT2D eigenvalue weighted by Crippen LogP contribution is 2.37. The molecule has 3 rings (SSSR count). The van der Waals surface area contributed by atoms with E-state index in [2.05, 4.69) is 0 Å². The molecular formula is C17H19NO2S. The van der Waals surface area contributed by atoms with Gasteiger partial charge in [0.1, 0.15) is 0 Å². The van der Waals surface area contributed by atoms with Crippen LogP contribution in [0.2, 0.25) is 0 Å². The van der Waals surface area contributed by atoms with Crippen molar-refractivity contribution < 1.29 is 8.42 Å². The average Bonchev–Trinajstić information content (AvgIpc) is 2.91. The Bertz CT molecular complexity index is 739. The molecule has 0 aliphatic heterocycles. The summed E-state index contributed by atoms with van der Waals surface area (Å²) in [6, 6.07) is 14.1. The number of hydrogen-bond acceptors (Lipinski definition) is 3. The lowest BCUT2D eigenvalue weighted by Crippen LogP contribution is -2.05. The molecule has 0 saturated heterocycles. The first-order valence-electron chi connectivity index (χ1n) is 7.26. The third-order valence-electron chi connectivity index (χ3n) is 4.20. The van der Waals surface area contributed by atoms with E-state index in [0.717, 1.165) is 24.8 Å². The molecule has 1 aliphatic carbocycles. The third-order valence-corrected chi connectivity index (χ3v) is 5.96. The minimum absolute atomic E-state index is 0.349. The van der Waals surface area contributed by atoms with Gasteiger partial charge < -0.3 is 5.73 Å². The monoisotopic (exact) mass is 301 g/mol. The molecule has 21 heavy (non-hydrogen) atoms. The minimum Gasteiger partial charge on any atom is -0.330 e. The lowest BCUT2D eigenvalue weighted by Gasteiger charge is -2.11. The zero-order valence-electron chi connectivity index (χ0n) is 11.8. The van der Waals surface area contributed by atoms with Gasteiger partial charge in [-0.15, -0.1) is 0 Å². The molecule has 0 unspecified atom stereocenters. The van der Waals surface area contributed by atoms with Crippen molar-refractivity contribution in [3.63, 3.8) is 0 Å². The molecule has 0 spiro atoms. The van der Waals surface area contributed by atoms with E-state index in [0.29, 0.717) is 22.3 Å². The van der Waals surface area contributed by atoms with Crippen LogP contribution in [0.3, 0.4) is 0 Å². The second kappa shape index (κ2) is 5.62. The van der Waals surface area contributed by atoms with Gasteiger partial charge in [-0.1, -0.05) is 24.3 Å². The summed E-state index contributed by atoms with van der Waals surface area (Å²) < 4.78 is 25.2. The molecule has 0 saturated carbocycles. The van der Waals surface area contributed by atoms with Crippen molar-refractivity contribution in [3.8, 4) is 0 Å². The molecule has 2 aromatic rings. The van der Waals surface area contributed by atoms with Crippen LogP contribution in [0.15, 0.2) is 58.3 Å². The van der Waals surface area contributed by atoms with Crippen molar-refractivity contribution >= 4 is 9.84 Å². The van der Waals surface area contributed by atoms with Crippen LogP contribution in [0.1, 0.15) is 29.9 Å². The number of aryl methyl sites for hydroxylation is 1. The van der Waals surface area contributed by atoms with E-state index in [-0.39, 0.29) is 0 Å². The first-order chi connectivity index (χ1) is 10.1. The molecule has 3 nitrogen and oxygen atoms in total. The quantitative estimate of drug-likeness (QED) is 0.944. The van der Waals surface area contributed by atoms with Crippen molar-refractivity contribution in [2.45, 2.75) is 35.0 Å². The fraction of sp³-hybridized carbons (Fsp3) is 0.294. The van der Waals surface area contributed by atoms with E-state index in [1.165, 1.54) is 5.56 Å². The zero-order valence-corrected chi connectivity index (χ0v) is 12.6. The normalized spacial score (nSPS) is 17.7. The van der Waals surface area contributed by atoms with E-state index in [1.54, 1.807) is 30.3 Å². The Morgan fingerprint density at radius 1 is 1.05 bits per heavy atom. The topological polar surface area (TPSA) is 60.2 Å². The molecule has 0 aromatic heterocycles. The number of rotatable bonds is 4. The van der Waals surface area contributed by atoms with Crippen molar-refractivity contribution in [1.29, 1.82) is 0 Å². The first kappa shape index (κ1) is 14.3. The zero-order chi connectivity index (χ0) is 14.9. The van der Waals surface area contributed by atoms with Gasteiger partial charge >= 0.3 is 0 Å². The summed E-state index contributed by atoms with van der Waals surface area (Å²) in [7, 11) is -3.42. The van der Waals surface area contributed by atoms with Gasteiger partial charge in [0.15, 0.2) is 0 Å². The van der Waals surface area contributed by atoms with Crippen LogP contribution in [0, 0.1) is 0 Å². The number of fused-ring (bicyclic) bond motifs is 1. The molecule has 0 bridgehead atoms. The summed E-state index contributed by atoms with van der Waals surface area (Å²) >= 11 is 0. The number of nitrogens with two attached hydrogens (primary N) is 1. The lowest BCUT2D eigenvalue weighted by atomic mass is 9.98. The summed E-state index contributed by atoms with van der Waals surface area (Å²) in [6.07, 6.45) is 2.98. The van der Waals surface area contributed by atoms with Crippen molar-refractivity contribution in [2.24, 2.45) is 5.73 Å². The van der Waals surface area contributed by atoms with Crippen molar-refractivity contribution in [2.75, 3.05) is 6.54 Å². The van der Waals surface area contributed by atoms with Crippen molar-refractivity contribution in [1.82, 2.24) is 0 Å². The second-order valence-corrected chi connectivity index (χ2v) is 7.44. The summed E-state index contributed by atoms with van der Waals surface area (Å²) in [5, 5.41) is 0. The Hall–Kier alpha value is -1.65. The van der Waals surface area contributed by atoms with Gasteiger partial charge in [-0.2, -0.15) is 0 Å². The standard InChI is InChI=1S/C17H19NO2S/c18-11-10-13-6-7-14-12-16(8-9-17(13)14)21(19,20)15-4-2-1-3-5-15/h1-5,8-9,12-13H,6-7,10-11,18H2/t13-/m0/s1. The van der Waals surface area contributed by atoms with Crippen LogP contribution in [0.25, 0.3) is 0 Å². The van der Waals surface area contributed by atoms with Crippen LogP contribution in [0.4, 0.5) is 0 Å². The van der Waals surface area contributed by atoms with Crippen LogP contribution in [0.5, 0.6) is 0 Å². The van der Waals surface area contributed by atoms with Crippen LogP contribution >= 0.6 is 0 Å². The Balaban J connectivity index is 1.99. The van der Waals surface area contributed by atoms with Gasteiger partial charge in [-0.05, 0) is 67.1 Å². The Kier molecular flexibility index (Phi) is 3.83. The highest BCUT2D eigenvalue weighted by molar-refractivity contribution is 7.91. The van der Waals surface area contributed by atoms with Gasteiger partial charge in [0.2, 0.25) is 9.84 Å². The van der Waals surface area contributed by atoms with Crippen LogP contribution in [-0.4, -0.2) is 15.0 Å². The Labute approximate surface area is 125 Å². The molecular weight excluding hydrogens is 282 g/mol. The fourth-order valence-corrected chi connectivity index (χ4v) is 4.42. The maximum absolute atomic E-state index is 12.6. The highest BCUT2D eigenvalue weighted by atomic mass is 32.2. The minimum atomic E-state index is -3.42. The van der Waals surface area contributed by atoms with Gasteiger partial charge in [-0.25, -0.2) is 8.42 Å². The van der Waals surface area contributed by atoms with Gasteiger partial charge in [0.25, 0.3) is 0 Å². The van der Waals surface area contributed by atoms with Crippen LogP contribution in [-0.2, 0) is 16.3 Å². The molecule has 1 atom stereocenters. The molecule has 1 aliphatic rings. The lowest BCUT2D eigenvalue weighted by molar-refractivity contribution is 0.596. The largest absolute Gasteiger partial charge is 0.330 e. The summed E-state index contributed by atoms with van der Waals surface area (Å²) in [4.78, 5) is 0.738. The number of hydrogen-bond donors (Lipinski definition) is 1. The van der Waals surface area contributed by atoms with E-state index in [1.807, 2.05) is 18.2 Å². The average molecular weight is 301 g/mol. The van der Waals surface area contributed by atoms with Gasteiger partial charge in [0, 0.05) is 0 Å². The van der Waals surface area contributed by atoms with Gasteiger partial charge in [0.05, 0.1) is 9.79 Å². The smallest absolute Gasteiger partial charge is 0.206 e. The predicted octanol–water partition coefficient (Wildman–Crippen LogP) is 2.90. The fourth-order valence-electron chi connectivity index (χ4n) is 3.09. The molecule has 0 amide bonds. The second-order valence-electron chi connectivity index (χ2n) is 5.49. The summed E-state index contributed by atoms with van der Waals surface area (Å²) in [6.45, 7) is 0.675. The van der Waals surface area contributed by atoms with E-state index in [4.69, 9.17) is 5.73 Å².